The fourth-order valence-corrected chi connectivity index (χ4v) is 2.49. The summed E-state index contributed by atoms with van der Waals surface area (Å²) in [6, 6.07) is 0. The van der Waals surface area contributed by atoms with Gasteiger partial charge in [0.05, 0.1) is 13.0 Å². The van der Waals surface area contributed by atoms with Crippen molar-refractivity contribution in [3.05, 3.63) is 0 Å². The fourth-order valence-electron chi connectivity index (χ4n) is 2.49. The number of ether oxygens (including phenoxy) is 1. The number of hydrogen-bond acceptors (Lipinski definition) is 5. The summed E-state index contributed by atoms with van der Waals surface area (Å²) >= 11 is 0. The summed E-state index contributed by atoms with van der Waals surface area (Å²) in [5.41, 5.74) is 0. The average Bonchev–Trinajstić information content (AvgIpc) is 2.59. The van der Waals surface area contributed by atoms with Gasteiger partial charge in [-0.05, 0) is 6.42 Å². The molecule has 0 rings (SSSR count). The summed E-state index contributed by atoms with van der Waals surface area (Å²) in [4.78, 5) is 23.0. The summed E-state index contributed by atoms with van der Waals surface area (Å²) in [5, 5.41) is 17.6. The van der Waals surface area contributed by atoms with Crippen molar-refractivity contribution < 1.29 is 24.5 Å². The maximum atomic E-state index is 11.7. The molecule has 5 heteroatoms. The molecule has 24 heavy (non-hydrogen) atoms. The van der Waals surface area contributed by atoms with Crippen molar-refractivity contribution in [2.45, 2.75) is 96.5 Å². The van der Waals surface area contributed by atoms with E-state index in [0.717, 1.165) is 12.8 Å². The predicted molar refractivity (Wildman–Crippen MR) is 94.8 cm³/mol. The number of unbranched alkanes of at least 4 members (excludes halogenated alkanes) is 9. The average molecular weight is 344 g/mol. The van der Waals surface area contributed by atoms with Gasteiger partial charge in [-0.2, -0.15) is 0 Å². The molecule has 0 spiro atoms. The molecule has 0 fully saturated rings. The van der Waals surface area contributed by atoms with Gasteiger partial charge in [-0.15, -0.1) is 0 Å². The lowest BCUT2D eigenvalue weighted by molar-refractivity contribution is -0.148. The second-order valence-electron chi connectivity index (χ2n) is 6.49. The molecule has 0 saturated carbocycles. The van der Waals surface area contributed by atoms with Crippen LogP contribution in [0.25, 0.3) is 0 Å². The largest absolute Gasteiger partial charge is 0.463 e. The molecule has 142 valence electrons. The Morgan fingerprint density at radius 3 is 1.92 bits per heavy atom. The minimum atomic E-state index is -1.05. The van der Waals surface area contributed by atoms with Gasteiger partial charge in [-0.1, -0.05) is 64.7 Å². The topological polar surface area (TPSA) is 83.8 Å². The molecule has 2 N–H and O–H groups in total. The van der Waals surface area contributed by atoms with E-state index >= 15 is 0 Å². The third-order valence-corrected chi connectivity index (χ3v) is 4.06. The Labute approximate surface area is 146 Å². The molecule has 0 saturated heterocycles. The molecule has 0 aliphatic rings. The van der Waals surface area contributed by atoms with Crippen LogP contribution < -0.4 is 0 Å². The quantitative estimate of drug-likeness (QED) is 0.311. The second-order valence-corrected chi connectivity index (χ2v) is 6.49. The molecule has 0 aliphatic heterocycles. The van der Waals surface area contributed by atoms with E-state index in [0.29, 0.717) is 6.42 Å². The first-order valence-electron chi connectivity index (χ1n) is 9.56. The first-order valence-corrected chi connectivity index (χ1v) is 9.56. The van der Waals surface area contributed by atoms with Gasteiger partial charge in [0.2, 0.25) is 0 Å². The van der Waals surface area contributed by atoms with Crippen molar-refractivity contribution in [2.24, 2.45) is 0 Å². The molecule has 0 radical (unpaired) electrons. The molecule has 5 nitrogen and oxygen atoms in total. The van der Waals surface area contributed by atoms with Crippen LogP contribution in [0.1, 0.15) is 90.4 Å². The molecule has 0 aliphatic carbocycles. The standard InChI is InChI=1S/C19H36O5/c1-2-3-4-5-6-7-8-9-10-11-12-17(21)13-14-19(23)24-16-18(22)15-20/h18,20,22H,2-16H2,1H3. The normalized spacial score (nSPS) is 12.1. The highest BCUT2D eigenvalue weighted by molar-refractivity contribution is 5.82. The van der Waals surface area contributed by atoms with Crippen LogP contribution in [0.4, 0.5) is 0 Å². The number of carbonyl (C=O) groups excluding carboxylic acids is 2. The van der Waals surface area contributed by atoms with Gasteiger partial charge in [0.25, 0.3) is 0 Å². The van der Waals surface area contributed by atoms with Crippen molar-refractivity contribution in [3.8, 4) is 0 Å². The van der Waals surface area contributed by atoms with Gasteiger partial charge in [-0.25, -0.2) is 0 Å². The predicted octanol–water partition coefficient (Wildman–Crippen LogP) is 3.54. The molecule has 1 atom stereocenters. The number of carbonyl (C=O) groups is 2. The van der Waals surface area contributed by atoms with Crippen LogP contribution in [-0.2, 0) is 14.3 Å². The Morgan fingerprint density at radius 1 is 0.833 bits per heavy atom. The monoisotopic (exact) mass is 344 g/mol. The van der Waals surface area contributed by atoms with Gasteiger partial charge < -0.3 is 14.9 Å². The molecule has 0 aromatic carbocycles. The maximum absolute atomic E-state index is 11.7. The fraction of sp³-hybridized carbons (Fsp3) is 0.895. The van der Waals surface area contributed by atoms with Crippen LogP contribution in [0, 0.1) is 0 Å². The lowest BCUT2D eigenvalue weighted by Gasteiger charge is -2.08. The SMILES string of the molecule is CCCCCCCCCCCCC(=O)CCC(=O)OCC(O)CO. The number of esters is 1. The summed E-state index contributed by atoms with van der Waals surface area (Å²) in [6.45, 7) is 1.57. The zero-order valence-electron chi connectivity index (χ0n) is 15.3. The zero-order chi connectivity index (χ0) is 18.0. The van der Waals surface area contributed by atoms with E-state index in [1.165, 1.54) is 51.4 Å². The van der Waals surface area contributed by atoms with Crippen molar-refractivity contribution >= 4 is 11.8 Å². The van der Waals surface area contributed by atoms with Crippen LogP contribution in [0.5, 0.6) is 0 Å². The summed E-state index contributed by atoms with van der Waals surface area (Å²) < 4.78 is 4.75. The van der Waals surface area contributed by atoms with E-state index in [1.807, 2.05) is 0 Å². The number of aliphatic hydroxyl groups is 2. The third-order valence-electron chi connectivity index (χ3n) is 4.06. The Morgan fingerprint density at radius 2 is 1.38 bits per heavy atom. The van der Waals surface area contributed by atoms with Crippen LogP contribution in [-0.4, -0.2) is 41.3 Å². The van der Waals surface area contributed by atoms with Gasteiger partial charge in [0.15, 0.2) is 0 Å². The van der Waals surface area contributed by atoms with E-state index < -0.39 is 18.7 Å². The highest BCUT2D eigenvalue weighted by atomic mass is 16.5. The van der Waals surface area contributed by atoms with Crippen molar-refractivity contribution in [3.63, 3.8) is 0 Å². The number of Topliss-reactive ketones (excluding diaryl/α,β-unsaturated/α-hetero) is 1. The third kappa shape index (κ3) is 15.9. The minimum Gasteiger partial charge on any atom is -0.463 e. The van der Waals surface area contributed by atoms with Crippen LogP contribution in [0.15, 0.2) is 0 Å². The molecule has 0 aromatic heterocycles. The number of hydrogen-bond donors (Lipinski definition) is 2. The molecular weight excluding hydrogens is 308 g/mol. The van der Waals surface area contributed by atoms with Gasteiger partial charge in [0, 0.05) is 12.8 Å². The van der Waals surface area contributed by atoms with E-state index in [9.17, 15) is 9.59 Å². The Hall–Kier alpha value is -0.940. The highest BCUT2D eigenvalue weighted by Gasteiger charge is 2.10. The van der Waals surface area contributed by atoms with Crippen molar-refractivity contribution in [2.75, 3.05) is 13.2 Å². The summed E-state index contributed by atoms with van der Waals surface area (Å²) in [5.74, 6) is -0.409. The van der Waals surface area contributed by atoms with Crippen molar-refractivity contribution in [1.29, 1.82) is 0 Å². The number of ketones is 1. The maximum Gasteiger partial charge on any atom is 0.306 e. The summed E-state index contributed by atoms with van der Waals surface area (Å²) in [6.07, 6.45) is 12.1. The molecule has 0 heterocycles. The lowest BCUT2D eigenvalue weighted by atomic mass is 10.0. The van der Waals surface area contributed by atoms with E-state index in [1.54, 1.807) is 0 Å². The Kier molecular flexibility index (Phi) is 16.2. The first-order chi connectivity index (χ1) is 11.6. The van der Waals surface area contributed by atoms with E-state index in [-0.39, 0.29) is 25.2 Å². The van der Waals surface area contributed by atoms with Crippen LogP contribution in [0.3, 0.4) is 0 Å². The molecule has 0 aromatic rings. The van der Waals surface area contributed by atoms with E-state index in [2.05, 4.69) is 6.92 Å². The number of rotatable bonds is 17. The van der Waals surface area contributed by atoms with Crippen molar-refractivity contribution in [1.82, 2.24) is 0 Å². The van der Waals surface area contributed by atoms with Gasteiger partial charge in [-0.3, -0.25) is 9.59 Å². The van der Waals surface area contributed by atoms with Gasteiger partial charge >= 0.3 is 5.97 Å². The summed E-state index contributed by atoms with van der Waals surface area (Å²) in [7, 11) is 0. The van der Waals surface area contributed by atoms with Gasteiger partial charge in [0.1, 0.15) is 18.5 Å². The molecule has 1 unspecified atom stereocenters. The molecular formula is C19H36O5. The first kappa shape index (κ1) is 23.1. The second kappa shape index (κ2) is 16.9. The zero-order valence-corrected chi connectivity index (χ0v) is 15.3. The van der Waals surface area contributed by atoms with Crippen LogP contribution >= 0.6 is 0 Å². The highest BCUT2D eigenvalue weighted by Crippen LogP contribution is 2.12. The Bertz CT molecular complexity index is 317. The lowest BCUT2D eigenvalue weighted by Crippen LogP contribution is -2.22. The number of aliphatic hydroxyl groups excluding tert-OH is 2. The van der Waals surface area contributed by atoms with Crippen LogP contribution in [0.2, 0.25) is 0 Å². The molecule has 0 amide bonds. The smallest absolute Gasteiger partial charge is 0.306 e. The molecule has 0 bridgehead atoms. The Balaban J connectivity index is 3.36. The van der Waals surface area contributed by atoms with E-state index in [4.69, 9.17) is 14.9 Å². The minimum absolute atomic E-state index is 0.0503.